The second kappa shape index (κ2) is 12.1. The summed E-state index contributed by atoms with van der Waals surface area (Å²) in [7, 11) is 0. The lowest BCUT2D eigenvalue weighted by Crippen LogP contribution is -2.52. The van der Waals surface area contributed by atoms with E-state index in [2.05, 4.69) is 21.2 Å². The van der Waals surface area contributed by atoms with Gasteiger partial charge in [-0.25, -0.2) is 0 Å². The van der Waals surface area contributed by atoms with Crippen LogP contribution in [0.1, 0.15) is 50.2 Å². The Morgan fingerprint density at radius 2 is 1.91 bits per heavy atom. The molecular weight excluding hydrogens is 527 g/mol. The average Bonchev–Trinajstić information content (AvgIpc) is 3.28. The van der Waals surface area contributed by atoms with Gasteiger partial charge in [0.2, 0.25) is 5.91 Å². The molecule has 0 spiro atoms. The van der Waals surface area contributed by atoms with Crippen LogP contribution in [0.4, 0.5) is 0 Å². The second-order valence-corrected chi connectivity index (χ2v) is 10.1. The van der Waals surface area contributed by atoms with Crippen LogP contribution in [0, 0.1) is 6.92 Å². The highest BCUT2D eigenvalue weighted by Crippen LogP contribution is 2.25. The van der Waals surface area contributed by atoms with E-state index in [0.717, 1.165) is 41.3 Å². The van der Waals surface area contributed by atoms with Crippen LogP contribution in [0.25, 0.3) is 0 Å². The Balaban J connectivity index is 1.79. The molecule has 2 aromatic carbocycles. The monoisotopic (exact) mass is 554 g/mol. The van der Waals surface area contributed by atoms with E-state index in [1.807, 2.05) is 26.0 Å². The van der Waals surface area contributed by atoms with Gasteiger partial charge in [-0.1, -0.05) is 65.0 Å². The summed E-state index contributed by atoms with van der Waals surface area (Å²) in [5.74, 6) is 0.175. The number of aryl methyl sites for hydroxylation is 1. The summed E-state index contributed by atoms with van der Waals surface area (Å²) in [4.78, 5) is 28.1. The number of hydrogen-bond donors (Lipinski definition) is 1. The zero-order chi connectivity index (χ0) is 24.0. The molecule has 5 nitrogen and oxygen atoms in total. The van der Waals surface area contributed by atoms with Crippen molar-refractivity contribution in [2.75, 3.05) is 6.61 Å². The van der Waals surface area contributed by atoms with Gasteiger partial charge in [-0.3, -0.25) is 9.59 Å². The number of amides is 2. The van der Waals surface area contributed by atoms with Gasteiger partial charge < -0.3 is 15.0 Å². The normalized spacial score (nSPS) is 14.7. The number of nitrogens with one attached hydrogen (secondary N) is 1. The molecule has 1 atom stereocenters. The molecule has 1 N–H and O–H groups in total. The predicted octanol–water partition coefficient (Wildman–Crippen LogP) is 6.31. The maximum absolute atomic E-state index is 13.3. The molecule has 3 rings (SSSR count). The third kappa shape index (κ3) is 7.11. The molecule has 1 fully saturated rings. The fourth-order valence-corrected chi connectivity index (χ4v) is 4.77. The number of rotatable bonds is 9. The summed E-state index contributed by atoms with van der Waals surface area (Å²) >= 11 is 15.9. The van der Waals surface area contributed by atoms with Gasteiger partial charge in [0.05, 0.1) is 0 Å². The minimum Gasteiger partial charge on any atom is -0.484 e. The van der Waals surface area contributed by atoms with Gasteiger partial charge in [0, 0.05) is 27.1 Å². The molecule has 33 heavy (non-hydrogen) atoms. The van der Waals surface area contributed by atoms with E-state index in [-0.39, 0.29) is 31.0 Å². The van der Waals surface area contributed by atoms with E-state index in [1.165, 1.54) is 0 Å². The maximum atomic E-state index is 13.3. The zero-order valence-electron chi connectivity index (χ0n) is 18.9. The molecule has 1 unspecified atom stereocenters. The van der Waals surface area contributed by atoms with Crippen molar-refractivity contribution in [2.45, 2.75) is 64.6 Å². The van der Waals surface area contributed by atoms with E-state index in [9.17, 15) is 9.59 Å². The van der Waals surface area contributed by atoms with Crippen LogP contribution in [-0.2, 0) is 16.1 Å². The van der Waals surface area contributed by atoms with Gasteiger partial charge in [-0.05, 0) is 67.6 Å². The first-order valence-corrected chi connectivity index (χ1v) is 12.8. The summed E-state index contributed by atoms with van der Waals surface area (Å²) in [6.45, 7) is 3.86. The first-order chi connectivity index (χ1) is 15.8. The van der Waals surface area contributed by atoms with Crippen molar-refractivity contribution in [2.24, 2.45) is 0 Å². The number of carbonyl (C=O) groups is 2. The van der Waals surface area contributed by atoms with E-state index in [1.54, 1.807) is 29.2 Å². The molecule has 0 saturated heterocycles. The van der Waals surface area contributed by atoms with E-state index < -0.39 is 6.04 Å². The van der Waals surface area contributed by atoms with Crippen LogP contribution in [0.15, 0.2) is 40.9 Å². The molecule has 2 aromatic rings. The van der Waals surface area contributed by atoms with Crippen molar-refractivity contribution in [3.05, 3.63) is 62.0 Å². The van der Waals surface area contributed by atoms with Gasteiger partial charge in [0.25, 0.3) is 5.91 Å². The number of halogens is 3. The molecule has 0 radical (unpaired) electrons. The SMILES string of the molecule is CCC(C(=O)NC1CCCC1)N(Cc1ccc(Cl)cc1Cl)C(=O)COc1ccc(Br)c(C)c1. The minimum absolute atomic E-state index is 0.137. The highest BCUT2D eigenvalue weighted by Gasteiger charge is 2.31. The Kier molecular flexibility index (Phi) is 9.47. The third-order valence-corrected chi connectivity index (χ3v) is 7.41. The lowest BCUT2D eigenvalue weighted by molar-refractivity contribution is -0.143. The molecular formula is C25H29BrCl2N2O3. The predicted molar refractivity (Wildman–Crippen MR) is 136 cm³/mol. The molecule has 0 aliphatic heterocycles. The van der Waals surface area contributed by atoms with Crippen LogP contribution in [0.5, 0.6) is 5.75 Å². The third-order valence-electron chi connectivity index (χ3n) is 5.93. The molecule has 8 heteroatoms. The van der Waals surface area contributed by atoms with Crippen LogP contribution in [-0.4, -0.2) is 35.4 Å². The summed E-state index contributed by atoms with van der Waals surface area (Å²) in [6, 6.07) is 10.2. The average molecular weight is 556 g/mol. The highest BCUT2D eigenvalue weighted by molar-refractivity contribution is 9.10. The molecule has 0 bridgehead atoms. The van der Waals surface area contributed by atoms with E-state index in [0.29, 0.717) is 22.2 Å². The Hall–Kier alpha value is -1.76. The molecule has 1 aliphatic carbocycles. The maximum Gasteiger partial charge on any atom is 0.261 e. The van der Waals surface area contributed by atoms with Crippen LogP contribution >= 0.6 is 39.1 Å². The van der Waals surface area contributed by atoms with Gasteiger partial charge in [0.15, 0.2) is 6.61 Å². The summed E-state index contributed by atoms with van der Waals surface area (Å²) < 4.78 is 6.75. The van der Waals surface area contributed by atoms with Crippen molar-refractivity contribution in [3.8, 4) is 5.75 Å². The smallest absolute Gasteiger partial charge is 0.261 e. The van der Waals surface area contributed by atoms with Crippen LogP contribution in [0.2, 0.25) is 10.0 Å². The van der Waals surface area contributed by atoms with Crippen LogP contribution < -0.4 is 10.1 Å². The fourth-order valence-electron chi connectivity index (χ4n) is 4.06. The number of nitrogens with zero attached hydrogens (tertiary/aromatic N) is 1. The molecule has 0 aromatic heterocycles. The molecule has 2 amide bonds. The number of benzene rings is 2. The lowest BCUT2D eigenvalue weighted by Gasteiger charge is -2.31. The Labute approximate surface area is 213 Å². The number of hydrogen-bond acceptors (Lipinski definition) is 3. The summed E-state index contributed by atoms with van der Waals surface area (Å²) in [6.07, 6.45) is 4.67. The van der Waals surface area contributed by atoms with Crippen molar-refractivity contribution < 1.29 is 14.3 Å². The number of carbonyl (C=O) groups excluding carboxylic acids is 2. The molecule has 0 heterocycles. The fraction of sp³-hybridized carbons (Fsp3) is 0.440. The topological polar surface area (TPSA) is 58.6 Å². The standard InChI is InChI=1S/C25H29BrCl2N2O3/c1-3-23(25(32)29-19-6-4-5-7-19)30(14-17-8-9-18(27)13-22(17)28)24(31)15-33-20-10-11-21(26)16(2)12-20/h8-13,19,23H,3-7,14-15H2,1-2H3,(H,29,32). The lowest BCUT2D eigenvalue weighted by atomic mass is 10.1. The molecule has 1 saturated carbocycles. The van der Waals surface area contributed by atoms with Crippen molar-refractivity contribution in [1.82, 2.24) is 10.2 Å². The van der Waals surface area contributed by atoms with E-state index in [4.69, 9.17) is 27.9 Å². The largest absolute Gasteiger partial charge is 0.484 e. The first kappa shape index (κ1) is 25.9. The van der Waals surface area contributed by atoms with Gasteiger partial charge in [-0.15, -0.1) is 0 Å². The Bertz CT molecular complexity index is 996. The number of ether oxygens (including phenoxy) is 1. The second-order valence-electron chi connectivity index (χ2n) is 8.37. The summed E-state index contributed by atoms with van der Waals surface area (Å²) in [5.41, 5.74) is 1.73. The zero-order valence-corrected chi connectivity index (χ0v) is 22.0. The minimum atomic E-state index is -0.625. The van der Waals surface area contributed by atoms with Crippen LogP contribution in [0.3, 0.4) is 0 Å². The Morgan fingerprint density at radius 1 is 1.18 bits per heavy atom. The van der Waals surface area contributed by atoms with Crippen molar-refractivity contribution in [1.29, 1.82) is 0 Å². The Morgan fingerprint density at radius 3 is 2.55 bits per heavy atom. The first-order valence-electron chi connectivity index (χ1n) is 11.2. The highest BCUT2D eigenvalue weighted by atomic mass is 79.9. The van der Waals surface area contributed by atoms with Crippen molar-refractivity contribution in [3.63, 3.8) is 0 Å². The molecule has 1 aliphatic rings. The summed E-state index contributed by atoms with van der Waals surface area (Å²) in [5, 5.41) is 4.10. The van der Waals surface area contributed by atoms with Gasteiger partial charge >= 0.3 is 0 Å². The van der Waals surface area contributed by atoms with Gasteiger partial charge in [-0.2, -0.15) is 0 Å². The quantitative estimate of drug-likeness (QED) is 0.394. The van der Waals surface area contributed by atoms with Gasteiger partial charge in [0.1, 0.15) is 11.8 Å². The van der Waals surface area contributed by atoms with E-state index >= 15 is 0 Å². The molecule has 178 valence electrons. The van der Waals surface area contributed by atoms with Crippen molar-refractivity contribution >= 4 is 50.9 Å².